The molecule has 0 bridgehead atoms. The monoisotopic (exact) mass is 425 g/mol. The molecule has 2 aromatic rings. The summed E-state index contributed by atoms with van der Waals surface area (Å²) in [7, 11) is 1.75. The fraction of sp³-hybridized carbons (Fsp3) is 0.304. The number of fused-ring (bicyclic) bond motifs is 1. The van der Waals surface area contributed by atoms with E-state index in [4.69, 9.17) is 9.94 Å². The molecule has 1 spiro atoms. The van der Waals surface area contributed by atoms with Crippen molar-refractivity contribution in [1.29, 1.82) is 0 Å². The van der Waals surface area contributed by atoms with E-state index < -0.39 is 11.6 Å². The van der Waals surface area contributed by atoms with E-state index in [1.807, 2.05) is 0 Å². The Hall–Kier alpha value is -3.23. The van der Waals surface area contributed by atoms with Crippen LogP contribution in [-0.2, 0) is 11.3 Å². The third-order valence-corrected chi connectivity index (χ3v) is 5.94. The van der Waals surface area contributed by atoms with Crippen LogP contribution in [-0.4, -0.2) is 52.7 Å². The number of nitrogens with one attached hydrogen (secondary N) is 1. The lowest BCUT2D eigenvalue weighted by Gasteiger charge is -2.49. The Balaban J connectivity index is 1.47. The number of piperidine rings is 1. The van der Waals surface area contributed by atoms with Crippen LogP contribution in [0.15, 0.2) is 48.5 Å². The number of carbonyl (C=O) groups excluding carboxylic acids is 2. The second-order valence-corrected chi connectivity index (χ2v) is 7.88. The minimum Gasteiger partial charge on any atom is -0.467 e. The summed E-state index contributed by atoms with van der Waals surface area (Å²) in [6.07, 6.45) is 4.01. The number of halogens is 1. The molecule has 2 aliphatic rings. The molecule has 31 heavy (non-hydrogen) atoms. The van der Waals surface area contributed by atoms with E-state index in [2.05, 4.69) is 4.90 Å². The third-order valence-electron chi connectivity index (χ3n) is 5.94. The van der Waals surface area contributed by atoms with Gasteiger partial charge in [-0.2, -0.15) is 0 Å². The number of amides is 2. The number of likely N-dealkylation sites (tertiary alicyclic amines) is 1. The Morgan fingerprint density at radius 1 is 1.23 bits per heavy atom. The van der Waals surface area contributed by atoms with Gasteiger partial charge in [0.2, 0.25) is 0 Å². The molecule has 4 rings (SSSR count). The van der Waals surface area contributed by atoms with Gasteiger partial charge in [-0.15, -0.1) is 0 Å². The average molecular weight is 425 g/mol. The number of rotatable bonds is 4. The number of nitrogens with zero attached hydrogens (tertiary/aromatic N) is 2. The molecule has 0 saturated carbocycles. The first-order valence-electron chi connectivity index (χ1n) is 10.1. The molecule has 0 atom stereocenters. The maximum atomic E-state index is 13.1. The van der Waals surface area contributed by atoms with Gasteiger partial charge in [0.1, 0.15) is 11.6 Å². The highest BCUT2D eigenvalue weighted by Crippen LogP contribution is 2.39. The number of carbonyl (C=O) groups is 2. The van der Waals surface area contributed by atoms with Gasteiger partial charge >= 0.3 is 0 Å². The summed E-state index contributed by atoms with van der Waals surface area (Å²) in [6, 6.07) is 11.7. The van der Waals surface area contributed by atoms with Crippen LogP contribution in [0.1, 0.15) is 34.3 Å². The van der Waals surface area contributed by atoms with Crippen molar-refractivity contribution in [3.63, 3.8) is 0 Å². The molecule has 162 valence electrons. The fourth-order valence-electron chi connectivity index (χ4n) is 4.10. The zero-order valence-electron chi connectivity index (χ0n) is 17.2. The number of ether oxygens (including phenoxy) is 1. The molecule has 0 aliphatic carbocycles. The van der Waals surface area contributed by atoms with E-state index in [-0.39, 0.29) is 11.7 Å². The standard InChI is InChI=1S/C23H24FN3O4/c1-26-22(29)19-14-16(5-9-21(28)25-30)4-8-20(19)31-23(26)10-12-27(13-11-23)15-17-2-6-18(24)7-3-17/h2-9,14,30H,10-13,15H2,1H3,(H,25,28). The summed E-state index contributed by atoms with van der Waals surface area (Å²) in [6.45, 7) is 2.23. The predicted molar refractivity (Wildman–Crippen MR) is 112 cm³/mol. The second kappa shape index (κ2) is 8.49. The highest BCUT2D eigenvalue weighted by atomic mass is 19.1. The molecule has 2 amide bonds. The van der Waals surface area contributed by atoms with Crippen molar-refractivity contribution in [2.75, 3.05) is 20.1 Å². The second-order valence-electron chi connectivity index (χ2n) is 7.88. The van der Waals surface area contributed by atoms with E-state index in [9.17, 15) is 14.0 Å². The molecule has 8 heteroatoms. The van der Waals surface area contributed by atoms with Gasteiger partial charge < -0.3 is 9.64 Å². The zero-order valence-corrected chi connectivity index (χ0v) is 17.2. The first-order chi connectivity index (χ1) is 14.9. The predicted octanol–water partition coefficient (Wildman–Crippen LogP) is 2.80. The minimum absolute atomic E-state index is 0.130. The minimum atomic E-state index is -0.697. The van der Waals surface area contributed by atoms with Gasteiger partial charge in [-0.25, -0.2) is 9.87 Å². The highest BCUT2D eigenvalue weighted by molar-refractivity contribution is 5.99. The van der Waals surface area contributed by atoms with Crippen molar-refractivity contribution in [3.8, 4) is 5.75 Å². The van der Waals surface area contributed by atoms with Crippen LogP contribution in [0.2, 0.25) is 0 Å². The van der Waals surface area contributed by atoms with Crippen LogP contribution in [0.3, 0.4) is 0 Å². The van der Waals surface area contributed by atoms with Crippen LogP contribution < -0.4 is 10.2 Å². The quantitative estimate of drug-likeness (QED) is 0.447. The summed E-state index contributed by atoms with van der Waals surface area (Å²) >= 11 is 0. The van der Waals surface area contributed by atoms with Crippen molar-refractivity contribution < 1.29 is 23.9 Å². The number of hydrogen-bond donors (Lipinski definition) is 2. The summed E-state index contributed by atoms with van der Waals surface area (Å²) in [5.74, 6) is -0.497. The van der Waals surface area contributed by atoms with Crippen molar-refractivity contribution in [1.82, 2.24) is 15.3 Å². The van der Waals surface area contributed by atoms with E-state index >= 15 is 0 Å². The van der Waals surface area contributed by atoms with Crippen LogP contribution in [0.5, 0.6) is 5.75 Å². The van der Waals surface area contributed by atoms with E-state index in [0.29, 0.717) is 29.7 Å². The summed E-state index contributed by atoms with van der Waals surface area (Å²) < 4.78 is 19.5. The van der Waals surface area contributed by atoms with Crippen molar-refractivity contribution in [2.24, 2.45) is 0 Å². The van der Waals surface area contributed by atoms with E-state index in [0.717, 1.165) is 25.2 Å². The SMILES string of the molecule is CN1C(=O)c2cc(C=CC(=O)NO)ccc2OC12CCN(Cc1ccc(F)cc1)CC2. The Kier molecular flexibility index (Phi) is 5.75. The third kappa shape index (κ3) is 4.30. The first-order valence-corrected chi connectivity index (χ1v) is 10.1. The molecular formula is C23H24FN3O4. The van der Waals surface area contributed by atoms with Gasteiger partial charge in [0, 0.05) is 45.6 Å². The van der Waals surface area contributed by atoms with Gasteiger partial charge in [0.15, 0.2) is 5.72 Å². The normalized spacial score (nSPS) is 18.2. The largest absolute Gasteiger partial charge is 0.467 e. The number of benzene rings is 2. The van der Waals surface area contributed by atoms with Crippen molar-refractivity contribution in [2.45, 2.75) is 25.1 Å². The molecular weight excluding hydrogens is 401 g/mol. The van der Waals surface area contributed by atoms with Gasteiger partial charge in [-0.05, 0) is 41.5 Å². The molecule has 0 radical (unpaired) electrons. The topological polar surface area (TPSA) is 82.1 Å². The maximum absolute atomic E-state index is 13.1. The molecule has 2 aliphatic heterocycles. The maximum Gasteiger partial charge on any atom is 0.267 e. The van der Waals surface area contributed by atoms with Crippen LogP contribution >= 0.6 is 0 Å². The number of hydroxylamine groups is 1. The first kappa shape index (κ1) is 21.0. The molecule has 7 nitrogen and oxygen atoms in total. The molecule has 2 aromatic carbocycles. The van der Waals surface area contributed by atoms with Gasteiger partial charge in [-0.3, -0.25) is 19.7 Å². The lowest BCUT2D eigenvalue weighted by atomic mass is 9.94. The molecule has 2 heterocycles. The van der Waals surface area contributed by atoms with Crippen molar-refractivity contribution in [3.05, 3.63) is 71.0 Å². The molecule has 1 fully saturated rings. The van der Waals surface area contributed by atoms with Crippen LogP contribution in [0.4, 0.5) is 4.39 Å². The average Bonchev–Trinajstić information content (AvgIpc) is 2.79. The smallest absolute Gasteiger partial charge is 0.267 e. The fourth-order valence-corrected chi connectivity index (χ4v) is 4.10. The van der Waals surface area contributed by atoms with E-state index in [1.54, 1.807) is 42.3 Å². The molecule has 0 unspecified atom stereocenters. The van der Waals surface area contributed by atoms with Crippen molar-refractivity contribution >= 4 is 17.9 Å². The Labute approximate surface area is 179 Å². The van der Waals surface area contributed by atoms with Crippen LogP contribution in [0, 0.1) is 5.82 Å². The highest BCUT2D eigenvalue weighted by Gasteiger charge is 2.46. The molecule has 2 N–H and O–H groups in total. The van der Waals surface area contributed by atoms with Gasteiger partial charge in [0.05, 0.1) is 5.56 Å². The van der Waals surface area contributed by atoms with Gasteiger partial charge in [-0.1, -0.05) is 18.2 Å². The molecule has 1 saturated heterocycles. The Bertz CT molecular complexity index is 1010. The zero-order chi connectivity index (χ0) is 22.0. The van der Waals surface area contributed by atoms with E-state index in [1.165, 1.54) is 29.8 Å². The Morgan fingerprint density at radius 3 is 2.61 bits per heavy atom. The summed E-state index contributed by atoms with van der Waals surface area (Å²) in [4.78, 5) is 28.2. The lowest BCUT2D eigenvalue weighted by Crippen LogP contribution is -2.61. The Morgan fingerprint density at radius 2 is 1.94 bits per heavy atom. The lowest BCUT2D eigenvalue weighted by molar-refractivity contribution is -0.124. The summed E-state index contributed by atoms with van der Waals surface area (Å²) in [5, 5.41) is 8.58. The number of hydrogen-bond acceptors (Lipinski definition) is 5. The summed E-state index contributed by atoms with van der Waals surface area (Å²) in [5.41, 5.74) is 2.97. The van der Waals surface area contributed by atoms with Gasteiger partial charge in [0.25, 0.3) is 11.8 Å². The van der Waals surface area contributed by atoms with Crippen LogP contribution in [0.25, 0.3) is 6.08 Å². The molecule has 0 aromatic heterocycles.